The quantitative estimate of drug-likeness (QED) is 0.785. The van der Waals surface area contributed by atoms with Crippen LogP contribution in [0.15, 0.2) is 49.1 Å². The zero-order chi connectivity index (χ0) is 16.1. The van der Waals surface area contributed by atoms with Gasteiger partial charge in [-0.15, -0.1) is 0 Å². The summed E-state index contributed by atoms with van der Waals surface area (Å²) in [4.78, 5) is 32.6. The monoisotopic (exact) mass is 310 g/mol. The maximum atomic E-state index is 12.4. The summed E-state index contributed by atoms with van der Waals surface area (Å²) in [5.41, 5.74) is 1.02. The summed E-state index contributed by atoms with van der Waals surface area (Å²) >= 11 is 0. The zero-order valence-electron chi connectivity index (χ0n) is 12.7. The number of carbonyl (C=O) groups is 2. The molecule has 2 amide bonds. The molecule has 1 aliphatic carbocycles. The van der Waals surface area contributed by atoms with E-state index >= 15 is 0 Å². The molecule has 0 atom stereocenters. The van der Waals surface area contributed by atoms with E-state index in [-0.39, 0.29) is 11.8 Å². The average Bonchev–Trinajstić information content (AvgIpc) is 3.41. The minimum Gasteiger partial charge on any atom is -0.351 e. The Morgan fingerprint density at radius 3 is 1.57 bits per heavy atom. The summed E-state index contributed by atoms with van der Waals surface area (Å²) in [6.45, 7) is 0.807. The van der Waals surface area contributed by atoms with Gasteiger partial charge in [-0.05, 0) is 48.2 Å². The summed E-state index contributed by atoms with van der Waals surface area (Å²) in [6.07, 6.45) is 7.89. The van der Waals surface area contributed by atoms with Crippen LogP contribution in [0.3, 0.4) is 0 Å². The second-order valence-electron chi connectivity index (χ2n) is 5.66. The summed E-state index contributed by atoms with van der Waals surface area (Å²) in [6, 6.07) is 7.35. The molecule has 0 aliphatic heterocycles. The van der Waals surface area contributed by atoms with Crippen molar-refractivity contribution < 1.29 is 9.59 Å². The molecule has 0 saturated heterocycles. The van der Waals surface area contributed by atoms with Gasteiger partial charge in [0.2, 0.25) is 11.8 Å². The minimum atomic E-state index is -0.903. The van der Waals surface area contributed by atoms with E-state index in [1.54, 1.807) is 24.8 Å². The summed E-state index contributed by atoms with van der Waals surface area (Å²) in [5, 5.41) is 5.69. The van der Waals surface area contributed by atoms with E-state index in [1.165, 1.54) is 0 Å². The lowest BCUT2D eigenvalue weighted by atomic mass is 10.0. The highest BCUT2D eigenvalue weighted by atomic mass is 16.2. The number of amides is 2. The molecule has 3 rings (SSSR count). The van der Waals surface area contributed by atoms with Gasteiger partial charge in [0.1, 0.15) is 5.41 Å². The summed E-state index contributed by atoms with van der Waals surface area (Å²) in [5.74, 6) is -0.414. The molecule has 2 aromatic rings. The van der Waals surface area contributed by atoms with Crippen LogP contribution in [0.4, 0.5) is 0 Å². The summed E-state index contributed by atoms with van der Waals surface area (Å²) in [7, 11) is 0. The van der Waals surface area contributed by atoms with E-state index in [2.05, 4.69) is 20.6 Å². The Morgan fingerprint density at radius 1 is 0.826 bits per heavy atom. The molecule has 2 aromatic heterocycles. The van der Waals surface area contributed by atoms with Crippen molar-refractivity contribution in [2.75, 3.05) is 0 Å². The molecular formula is C17H18N4O2. The second kappa shape index (κ2) is 6.56. The number of nitrogens with zero attached hydrogens (tertiary/aromatic N) is 2. The number of pyridine rings is 2. The third kappa shape index (κ3) is 3.53. The summed E-state index contributed by atoms with van der Waals surface area (Å²) < 4.78 is 0. The molecule has 23 heavy (non-hydrogen) atoms. The first kappa shape index (κ1) is 15.1. The lowest BCUT2D eigenvalue weighted by Gasteiger charge is -2.15. The van der Waals surface area contributed by atoms with Gasteiger partial charge in [-0.25, -0.2) is 0 Å². The predicted octanol–water partition coefficient (Wildman–Crippen LogP) is 1.19. The Balaban J connectivity index is 1.53. The largest absolute Gasteiger partial charge is 0.351 e. The Hall–Kier alpha value is -2.76. The molecule has 1 fully saturated rings. The fourth-order valence-corrected chi connectivity index (χ4v) is 2.39. The predicted molar refractivity (Wildman–Crippen MR) is 83.8 cm³/mol. The third-order valence-electron chi connectivity index (χ3n) is 4.02. The van der Waals surface area contributed by atoms with E-state index in [9.17, 15) is 9.59 Å². The average molecular weight is 310 g/mol. The second-order valence-corrected chi connectivity index (χ2v) is 5.66. The molecule has 6 nitrogen and oxygen atoms in total. The SMILES string of the molecule is O=C(NCc1ccncc1)C1(C(=O)NCc2ccncc2)CC1. The molecule has 0 spiro atoms. The van der Waals surface area contributed by atoms with Crippen LogP contribution < -0.4 is 10.6 Å². The van der Waals surface area contributed by atoms with Crippen LogP contribution >= 0.6 is 0 Å². The number of rotatable bonds is 6. The Bertz CT molecular complexity index is 627. The molecule has 0 aromatic carbocycles. The van der Waals surface area contributed by atoms with Crippen LogP contribution in [0.25, 0.3) is 0 Å². The highest BCUT2D eigenvalue weighted by Gasteiger charge is 2.56. The number of aromatic nitrogens is 2. The normalized spacial score (nSPS) is 14.8. The van der Waals surface area contributed by atoms with Crippen LogP contribution in [0.5, 0.6) is 0 Å². The maximum absolute atomic E-state index is 12.4. The van der Waals surface area contributed by atoms with Gasteiger partial charge < -0.3 is 10.6 Å². The van der Waals surface area contributed by atoms with Gasteiger partial charge in [-0.3, -0.25) is 19.6 Å². The van der Waals surface area contributed by atoms with Gasteiger partial charge in [0.25, 0.3) is 0 Å². The van der Waals surface area contributed by atoms with Gasteiger partial charge in [0.05, 0.1) is 0 Å². The number of hydrogen-bond donors (Lipinski definition) is 2. The van der Waals surface area contributed by atoms with Crippen molar-refractivity contribution in [1.82, 2.24) is 20.6 Å². The molecule has 0 unspecified atom stereocenters. The van der Waals surface area contributed by atoms with Crippen molar-refractivity contribution in [2.45, 2.75) is 25.9 Å². The number of nitrogens with one attached hydrogen (secondary N) is 2. The minimum absolute atomic E-state index is 0.207. The van der Waals surface area contributed by atoms with Crippen LogP contribution in [0.2, 0.25) is 0 Å². The standard InChI is InChI=1S/C17H18N4O2/c22-15(20-11-13-1-7-18-8-2-13)17(5-6-17)16(23)21-12-14-3-9-19-10-4-14/h1-4,7-10H,5-6,11-12H2,(H,20,22)(H,21,23). The zero-order valence-corrected chi connectivity index (χ0v) is 12.7. The molecule has 6 heteroatoms. The number of hydrogen-bond acceptors (Lipinski definition) is 4. The first-order valence-corrected chi connectivity index (χ1v) is 7.55. The maximum Gasteiger partial charge on any atom is 0.235 e. The highest BCUT2D eigenvalue weighted by Crippen LogP contribution is 2.46. The van der Waals surface area contributed by atoms with Crippen molar-refractivity contribution in [3.8, 4) is 0 Å². The van der Waals surface area contributed by atoms with Crippen molar-refractivity contribution in [2.24, 2.45) is 5.41 Å². The van der Waals surface area contributed by atoms with Crippen LogP contribution in [0, 0.1) is 5.41 Å². The molecular weight excluding hydrogens is 292 g/mol. The molecule has 1 aliphatic rings. The Morgan fingerprint density at radius 2 is 1.22 bits per heavy atom. The van der Waals surface area contributed by atoms with Crippen LogP contribution in [-0.2, 0) is 22.7 Å². The Kier molecular flexibility index (Phi) is 4.32. The van der Waals surface area contributed by atoms with Crippen molar-refractivity contribution in [3.63, 3.8) is 0 Å². The molecule has 118 valence electrons. The molecule has 0 bridgehead atoms. The molecule has 1 saturated carbocycles. The third-order valence-corrected chi connectivity index (χ3v) is 4.02. The van der Waals surface area contributed by atoms with Crippen molar-refractivity contribution >= 4 is 11.8 Å². The Labute approximate surface area is 134 Å². The van der Waals surface area contributed by atoms with E-state index in [0.717, 1.165) is 11.1 Å². The molecule has 0 radical (unpaired) electrons. The number of carbonyl (C=O) groups excluding carboxylic acids is 2. The first-order valence-electron chi connectivity index (χ1n) is 7.55. The van der Waals surface area contributed by atoms with Crippen LogP contribution in [-0.4, -0.2) is 21.8 Å². The lowest BCUT2D eigenvalue weighted by molar-refractivity contribution is -0.137. The fraction of sp³-hybridized carbons (Fsp3) is 0.294. The lowest BCUT2D eigenvalue weighted by Crippen LogP contribution is -2.42. The van der Waals surface area contributed by atoms with E-state index in [1.807, 2.05) is 24.3 Å². The fourth-order valence-electron chi connectivity index (χ4n) is 2.39. The van der Waals surface area contributed by atoms with Crippen molar-refractivity contribution in [1.29, 1.82) is 0 Å². The van der Waals surface area contributed by atoms with Gasteiger partial charge in [-0.2, -0.15) is 0 Å². The first-order chi connectivity index (χ1) is 11.2. The van der Waals surface area contributed by atoms with E-state index < -0.39 is 5.41 Å². The van der Waals surface area contributed by atoms with Gasteiger partial charge in [-0.1, -0.05) is 0 Å². The van der Waals surface area contributed by atoms with Crippen LogP contribution in [0.1, 0.15) is 24.0 Å². The van der Waals surface area contributed by atoms with Gasteiger partial charge in [0, 0.05) is 37.9 Å². The van der Waals surface area contributed by atoms with Crippen molar-refractivity contribution in [3.05, 3.63) is 60.2 Å². The van der Waals surface area contributed by atoms with E-state index in [4.69, 9.17) is 0 Å². The van der Waals surface area contributed by atoms with Gasteiger partial charge in [0.15, 0.2) is 0 Å². The van der Waals surface area contributed by atoms with Gasteiger partial charge >= 0.3 is 0 Å². The molecule has 2 heterocycles. The smallest absolute Gasteiger partial charge is 0.235 e. The highest BCUT2D eigenvalue weighted by molar-refractivity contribution is 6.07. The molecule has 2 N–H and O–H groups in total. The topological polar surface area (TPSA) is 84.0 Å². The van der Waals surface area contributed by atoms with E-state index in [0.29, 0.717) is 25.9 Å².